The molecule has 156 valence electrons. The number of methoxy groups -OCH3 is 1. The minimum Gasteiger partial charge on any atom is -0.497 e. The molecule has 0 aliphatic rings. The molecule has 0 saturated carbocycles. The van der Waals surface area contributed by atoms with Gasteiger partial charge in [-0.15, -0.1) is 0 Å². The number of ether oxygens (including phenoxy) is 2. The standard InChI is InChI=1S/C23H18ClN3O4/c1-29-17-10-12-18(13-11-17)30-14-21(28)25-20-5-3-2-4-19(20)23-26-22(27-31-23)15-6-8-16(24)9-7-15/h2-13H,14H2,1H3,(H,25,28). The Bertz CT molecular complexity index is 1170. The minimum absolute atomic E-state index is 0.152. The van der Waals surface area contributed by atoms with E-state index < -0.39 is 0 Å². The van der Waals surface area contributed by atoms with Gasteiger partial charge in [-0.05, 0) is 60.7 Å². The average molecular weight is 436 g/mol. The number of rotatable bonds is 7. The highest BCUT2D eigenvalue weighted by molar-refractivity contribution is 6.30. The van der Waals surface area contributed by atoms with Crippen molar-refractivity contribution in [2.24, 2.45) is 0 Å². The van der Waals surface area contributed by atoms with Crippen molar-refractivity contribution in [3.63, 3.8) is 0 Å². The molecule has 1 amide bonds. The second-order valence-corrected chi connectivity index (χ2v) is 6.92. The molecule has 1 aromatic heterocycles. The van der Waals surface area contributed by atoms with Gasteiger partial charge in [0.2, 0.25) is 5.82 Å². The van der Waals surface area contributed by atoms with Gasteiger partial charge in [-0.2, -0.15) is 4.98 Å². The van der Waals surface area contributed by atoms with Crippen LogP contribution < -0.4 is 14.8 Å². The summed E-state index contributed by atoms with van der Waals surface area (Å²) < 4.78 is 16.1. The molecule has 0 spiro atoms. The fourth-order valence-corrected chi connectivity index (χ4v) is 2.96. The summed E-state index contributed by atoms with van der Waals surface area (Å²) in [7, 11) is 1.59. The molecular weight excluding hydrogens is 418 g/mol. The molecule has 4 rings (SSSR count). The summed E-state index contributed by atoms with van der Waals surface area (Å²) in [4.78, 5) is 16.9. The maximum atomic E-state index is 12.4. The highest BCUT2D eigenvalue weighted by Gasteiger charge is 2.15. The first-order chi connectivity index (χ1) is 15.1. The summed E-state index contributed by atoms with van der Waals surface area (Å²) in [6, 6.07) is 21.3. The number of nitrogens with zero attached hydrogens (tertiary/aromatic N) is 2. The molecule has 1 N–H and O–H groups in total. The van der Waals surface area contributed by atoms with E-state index in [1.54, 1.807) is 73.8 Å². The van der Waals surface area contributed by atoms with Crippen LogP contribution in [0.15, 0.2) is 77.3 Å². The number of aromatic nitrogens is 2. The van der Waals surface area contributed by atoms with Crippen molar-refractivity contribution < 1.29 is 18.8 Å². The van der Waals surface area contributed by atoms with Crippen molar-refractivity contribution in [2.75, 3.05) is 19.0 Å². The van der Waals surface area contributed by atoms with E-state index in [0.717, 1.165) is 5.56 Å². The number of halogens is 1. The molecular formula is C23H18ClN3O4. The van der Waals surface area contributed by atoms with Crippen LogP contribution in [0.5, 0.6) is 11.5 Å². The van der Waals surface area contributed by atoms with Crippen LogP contribution in [0.25, 0.3) is 22.8 Å². The summed E-state index contributed by atoms with van der Waals surface area (Å²) in [6.07, 6.45) is 0. The normalized spacial score (nSPS) is 10.5. The molecule has 7 nitrogen and oxygen atoms in total. The van der Waals surface area contributed by atoms with Gasteiger partial charge in [-0.3, -0.25) is 4.79 Å². The Labute approximate surface area is 183 Å². The van der Waals surface area contributed by atoms with E-state index in [9.17, 15) is 4.79 Å². The molecule has 0 saturated heterocycles. The highest BCUT2D eigenvalue weighted by atomic mass is 35.5. The Morgan fingerprint density at radius 1 is 1.00 bits per heavy atom. The third-order valence-electron chi connectivity index (χ3n) is 4.39. The molecule has 8 heteroatoms. The molecule has 0 radical (unpaired) electrons. The zero-order valence-electron chi connectivity index (χ0n) is 16.5. The van der Waals surface area contributed by atoms with E-state index >= 15 is 0 Å². The Hall–Kier alpha value is -3.84. The summed E-state index contributed by atoms with van der Waals surface area (Å²) in [5.74, 6) is 1.67. The summed E-state index contributed by atoms with van der Waals surface area (Å²) in [5, 5.41) is 7.47. The SMILES string of the molecule is COc1ccc(OCC(=O)Nc2ccccc2-c2nc(-c3ccc(Cl)cc3)no2)cc1. The first-order valence-corrected chi connectivity index (χ1v) is 9.76. The molecule has 31 heavy (non-hydrogen) atoms. The lowest BCUT2D eigenvalue weighted by Gasteiger charge is -2.10. The number of benzene rings is 3. The molecule has 0 aliphatic heterocycles. The molecule has 1 heterocycles. The number of hydrogen-bond donors (Lipinski definition) is 1. The van der Waals surface area contributed by atoms with Crippen LogP contribution in [0, 0.1) is 0 Å². The fourth-order valence-electron chi connectivity index (χ4n) is 2.83. The summed E-state index contributed by atoms with van der Waals surface area (Å²) >= 11 is 5.93. The summed E-state index contributed by atoms with van der Waals surface area (Å²) in [5.41, 5.74) is 1.92. The number of amides is 1. The largest absolute Gasteiger partial charge is 0.497 e. The maximum absolute atomic E-state index is 12.4. The third kappa shape index (κ3) is 5.02. The van der Waals surface area contributed by atoms with E-state index in [4.69, 9.17) is 25.6 Å². The van der Waals surface area contributed by atoms with Crippen molar-refractivity contribution in [3.8, 4) is 34.3 Å². The van der Waals surface area contributed by atoms with Crippen LogP contribution in [0.2, 0.25) is 5.02 Å². The Kier molecular flexibility index (Phi) is 6.14. The third-order valence-corrected chi connectivity index (χ3v) is 4.64. The van der Waals surface area contributed by atoms with Gasteiger partial charge in [0.05, 0.1) is 18.4 Å². The number of carbonyl (C=O) groups is 1. The summed E-state index contributed by atoms with van der Waals surface area (Å²) in [6.45, 7) is -0.152. The van der Waals surface area contributed by atoms with Crippen LogP contribution in [0.1, 0.15) is 0 Å². The smallest absolute Gasteiger partial charge is 0.262 e. The predicted octanol–water partition coefficient (Wildman–Crippen LogP) is 5.08. The second kappa shape index (κ2) is 9.32. The van der Waals surface area contributed by atoms with Gasteiger partial charge >= 0.3 is 0 Å². The quantitative estimate of drug-likeness (QED) is 0.435. The molecule has 3 aromatic carbocycles. The number of hydrogen-bond acceptors (Lipinski definition) is 6. The van der Waals surface area contributed by atoms with Gasteiger partial charge in [0.1, 0.15) is 11.5 Å². The highest BCUT2D eigenvalue weighted by Crippen LogP contribution is 2.29. The lowest BCUT2D eigenvalue weighted by Crippen LogP contribution is -2.20. The minimum atomic E-state index is -0.319. The van der Waals surface area contributed by atoms with Crippen LogP contribution >= 0.6 is 11.6 Å². The van der Waals surface area contributed by atoms with Gasteiger partial charge in [0.15, 0.2) is 6.61 Å². The van der Waals surface area contributed by atoms with Gasteiger partial charge < -0.3 is 19.3 Å². The van der Waals surface area contributed by atoms with Crippen LogP contribution in [0.3, 0.4) is 0 Å². The van der Waals surface area contributed by atoms with E-state index in [1.165, 1.54) is 0 Å². The number of carbonyl (C=O) groups excluding carboxylic acids is 1. The topological polar surface area (TPSA) is 86.5 Å². The van der Waals surface area contributed by atoms with Crippen molar-refractivity contribution in [3.05, 3.63) is 77.8 Å². The molecule has 0 atom stereocenters. The Morgan fingerprint density at radius 3 is 2.45 bits per heavy atom. The maximum Gasteiger partial charge on any atom is 0.262 e. The van der Waals surface area contributed by atoms with E-state index in [2.05, 4.69) is 15.5 Å². The number of para-hydroxylation sites is 1. The van der Waals surface area contributed by atoms with Crippen LogP contribution in [-0.4, -0.2) is 29.8 Å². The lowest BCUT2D eigenvalue weighted by atomic mass is 10.1. The molecule has 0 fully saturated rings. The van der Waals surface area contributed by atoms with Crippen LogP contribution in [-0.2, 0) is 4.79 Å². The number of nitrogens with one attached hydrogen (secondary N) is 1. The second-order valence-electron chi connectivity index (χ2n) is 6.49. The number of anilines is 1. The molecule has 0 bridgehead atoms. The van der Waals surface area contributed by atoms with Crippen molar-refractivity contribution in [1.82, 2.24) is 10.1 Å². The Morgan fingerprint density at radius 2 is 1.71 bits per heavy atom. The molecule has 4 aromatic rings. The van der Waals surface area contributed by atoms with Gasteiger partial charge in [0.25, 0.3) is 11.8 Å². The van der Waals surface area contributed by atoms with Crippen LogP contribution in [0.4, 0.5) is 5.69 Å². The average Bonchev–Trinajstić information content (AvgIpc) is 3.29. The monoisotopic (exact) mass is 435 g/mol. The van der Waals surface area contributed by atoms with Gasteiger partial charge in [-0.25, -0.2) is 0 Å². The van der Waals surface area contributed by atoms with E-state index in [-0.39, 0.29) is 18.4 Å². The van der Waals surface area contributed by atoms with E-state index in [1.807, 2.05) is 6.07 Å². The molecule has 0 aliphatic carbocycles. The predicted molar refractivity (Wildman–Crippen MR) is 117 cm³/mol. The van der Waals surface area contributed by atoms with Gasteiger partial charge in [-0.1, -0.05) is 28.9 Å². The first kappa shape index (κ1) is 20.4. The first-order valence-electron chi connectivity index (χ1n) is 9.38. The van der Waals surface area contributed by atoms with Gasteiger partial charge in [0, 0.05) is 10.6 Å². The van der Waals surface area contributed by atoms with Crippen molar-refractivity contribution in [2.45, 2.75) is 0 Å². The lowest BCUT2D eigenvalue weighted by molar-refractivity contribution is -0.118. The van der Waals surface area contributed by atoms with Crippen molar-refractivity contribution in [1.29, 1.82) is 0 Å². The van der Waals surface area contributed by atoms with Crippen molar-refractivity contribution >= 4 is 23.2 Å². The zero-order chi connectivity index (χ0) is 21.6. The Balaban J connectivity index is 1.46. The van der Waals surface area contributed by atoms with E-state index in [0.29, 0.717) is 33.6 Å². The zero-order valence-corrected chi connectivity index (χ0v) is 17.3. The molecule has 0 unspecified atom stereocenters. The fraction of sp³-hybridized carbons (Fsp3) is 0.0870.